The summed E-state index contributed by atoms with van der Waals surface area (Å²) >= 11 is 0. The largest absolute Gasteiger partial charge is 0.382 e. The van der Waals surface area contributed by atoms with Crippen molar-refractivity contribution in [1.82, 2.24) is 20.2 Å². The van der Waals surface area contributed by atoms with Crippen LogP contribution in [0.25, 0.3) is 22.3 Å². The zero-order valence-corrected chi connectivity index (χ0v) is 9.70. The molecule has 4 N–H and O–H groups in total. The molecule has 0 saturated carbocycles. The van der Waals surface area contributed by atoms with Gasteiger partial charge >= 0.3 is 0 Å². The van der Waals surface area contributed by atoms with Crippen molar-refractivity contribution in [2.45, 2.75) is 13.8 Å². The summed E-state index contributed by atoms with van der Waals surface area (Å²) in [6.07, 6.45) is 0. The highest BCUT2D eigenvalue weighted by Gasteiger charge is 2.09. The van der Waals surface area contributed by atoms with E-state index in [1.54, 1.807) is 0 Å². The topological polar surface area (TPSA) is 83.4 Å². The second kappa shape index (κ2) is 3.35. The van der Waals surface area contributed by atoms with Crippen molar-refractivity contribution >= 4 is 16.9 Å². The molecule has 0 bridgehead atoms. The lowest BCUT2D eigenvalue weighted by atomic mass is 10.1. The number of imidazole rings is 1. The van der Waals surface area contributed by atoms with Crippen molar-refractivity contribution in [2.75, 3.05) is 5.73 Å². The van der Waals surface area contributed by atoms with Crippen LogP contribution < -0.4 is 5.73 Å². The van der Waals surface area contributed by atoms with Crippen LogP contribution in [0.4, 0.5) is 5.82 Å². The number of aryl methyl sites for hydroxylation is 1. The Hall–Kier alpha value is -2.30. The van der Waals surface area contributed by atoms with Crippen LogP contribution in [-0.2, 0) is 0 Å². The molecule has 5 heteroatoms. The van der Waals surface area contributed by atoms with Crippen molar-refractivity contribution in [3.63, 3.8) is 0 Å². The fourth-order valence-corrected chi connectivity index (χ4v) is 1.99. The van der Waals surface area contributed by atoms with Crippen molar-refractivity contribution in [2.24, 2.45) is 0 Å². The third-order valence-corrected chi connectivity index (χ3v) is 2.94. The number of aromatic amines is 2. The maximum absolute atomic E-state index is 5.73. The van der Waals surface area contributed by atoms with Gasteiger partial charge in [0.05, 0.1) is 16.7 Å². The third-order valence-electron chi connectivity index (χ3n) is 2.94. The molecular formula is C12H13N5. The standard InChI is InChI=1S/C12H13N5/c1-6-11(16-17-12(6)13)8-3-4-9-10(5-8)15-7(2)14-9/h3-5H,1-2H3,(H,14,15)(H3,13,16,17). The third kappa shape index (κ3) is 1.47. The lowest BCUT2D eigenvalue weighted by molar-refractivity contribution is 1.10. The summed E-state index contributed by atoms with van der Waals surface area (Å²) in [5.74, 6) is 1.46. The van der Waals surface area contributed by atoms with E-state index >= 15 is 0 Å². The highest BCUT2D eigenvalue weighted by Crippen LogP contribution is 2.26. The first-order chi connectivity index (χ1) is 8.15. The number of hydrogen-bond acceptors (Lipinski definition) is 3. The maximum Gasteiger partial charge on any atom is 0.148 e. The lowest BCUT2D eigenvalue weighted by Crippen LogP contribution is -1.86. The predicted molar refractivity (Wildman–Crippen MR) is 67.6 cm³/mol. The number of nitrogens with two attached hydrogens (primary N) is 1. The SMILES string of the molecule is Cc1nc2ccc(-c3[nH]nc(N)c3C)cc2[nH]1. The Bertz CT molecular complexity index is 692. The molecule has 0 radical (unpaired) electrons. The van der Waals surface area contributed by atoms with Gasteiger partial charge in [-0.05, 0) is 26.0 Å². The number of aromatic nitrogens is 4. The van der Waals surface area contributed by atoms with Gasteiger partial charge in [0.2, 0.25) is 0 Å². The molecule has 0 unspecified atom stereocenters. The van der Waals surface area contributed by atoms with E-state index in [2.05, 4.69) is 26.2 Å². The Kier molecular flexibility index (Phi) is 1.95. The minimum atomic E-state index is 0.542. The average Bonchev–Trinajstić information content (AvgIpc) is 2.81. The van der Waals surface area contributed by atoms with E-state index in [1.165, 1.54) is 0 Å². The fraction of sp³-hybridized carbons (Fsp3) is 0.167. The van der Waals surface area contributed by atoms with Crippen molar-refractivity contribution in [3.05, 3.63) is 29.6 Å². The van der Waals surface area contributed by atoms with E-state index in [4.69, 9.17) is 5.73 Å². The molecule has 0 aliphatic heterocycles. The maximum atomic E-state index is 5.73. The minimum absolute atomic E-state index is 0.542. The van der Waals surface area contributed by atoms with E-state index in [0.29, 0.717) is 5.82 Å². The molecule has 17 heavy (non-hydrogen) atoms. The van der Waals surface area contributed by atoms with Gasteiger partial charge in [0, 0.05) is 11.1 Å². The Morgan fingerprint density at radius 3 is 2.76 bits per heavy atom. The lowest BCUT2D eigenvalue weighted by Gasteiger charge is -1.99. The summed E-state index contributed by atoms with van der Waals surface area (Å²) in [6.45, 7) is 3.90. The van der Waals surface area contributed by atoms with E-state index in [9.17, 15) is 0 Å². The number of anilines is 1. The number of hydrogen-bond donors (Lipinski definition) is 3. The molecule has 0 fully saturated rings. The number of nitrogens with zero attached hydrogens (tertiary/aromatic N) is 2. The van der Waals surface area contributed by atoms with Gasteiger partial charge in [0.1, 0.15) is 11.6 Å². The van der Waals surface area contributed by atoms with Gasteiger partial charge in [-0.2, -0.15) is 5.10 Å². The van der Waals surface area contributed by atoms with Gasteiger partial charge in [-0.25, -0.2) is 4.98 Å². The smallest absolute Gasteiger partial charge is 0.148 e. The molecule has 0 saturated heterocycles. The Morgan fingerprint density at radius 2 is 2.06 bits per heavy atom. The summed E-state index contributed by atoms with van der Waals surface area (Å²) in [4.78, 5) is 7.59. The highest BCUT2D eigenvalue weighted by molar-refractivity contribution is 5.82. The van der Waals surface area contributed by atoms with Crippen molar-refractivity contribution < 1.29 is 0 Å². The van der Waals surface area contributed by atoms with Gasteiger partial charge in [0.15, 0.2) is 0 Å². The predicted octanol–water partition coefficient (Wildman–Crippen LogP) is 2.15. The molecule has 2 aromatic heterocycles. The Balaban J connectivity index is 2.20. The number of rotatable bonds is 1. The Morgan fingerprint density at radius 1 is 1.24 bits per heavy atom. The first kappa shape index (κ1) is 9.89. The normalized spacial score (nSPS) is 11.2. The summed E-state index contributed by atoms with van der Waals surface area (Å²) in [5, 5.41) is 6.96. The van der Waals surface area contributed by atoms with Gasteiger partial charge in [-0.15, -0.1) is 0 Å². The van der Waals surface area contributed by atoms with Crippen LogP contribution in [0.15, 0.2) is 18.2 Å². The Labute approximate surface area is 98.1 Å². The highest BCUT2D eigenvalue weighted by atomic mass is 15.2. The van der Waals surface area contributed by atoms with Gasteiger partial charge in [0.25, 0.3) is 0 Å². The number of benzene rings is 1. The molecule has 3 aromatic rings. The summed E-state index contributed by atoms with van der Waals surface area (Å²) in [7, 11) is 0. The number of H-pyrrole nitrogens is 2. The first-order valence-corrected chi connectivity index (χ1v) is 5.42. The average molecular weight is 227 g/mol. The molecule has 0 aliphatic carbocycles. The van der Waals surface area contributed by atoms with E-state index < -0.39 is 0 Å². The summed E-state index contributed by atoms with van der Waals surface area (Å²) in [5.41, 5.74) is 10.7. The number of nitrogen functional groups attached to an aromatic ring is 1. The molecule has 0 atom stereocenters. The van der Waals surface area contributed by atoms with E-state index in [0.717, 1.165) is 33.7 Å². The van der Waals surface area contributed by atoms with Gasteiger partial charge in [-0.1, -0.05) is 6.07 Å². The molecule has 2 heterocycles. The molecule has 1 aromatic carbocycles. The zero-order chi connectivity index (χ0) is 12.0. The number of fused-ring (bicyclic) bond motifs is 1. The molecule has 0 aliphatic rings. The molecule has 3 rings (SSSR count). The van der Waals surface area contributed by atoms with Gasteiger partial charge < -0.3 is 10.7 Å². The number of nitrogens with one attached hydrogen (secondary N) is 2. The van der Waals surface area contributed by atoms with Crippen LogP contribution in [0.2, 0.25) is 0 Å². The fourth-order valence-electron chi connectivity index (χ4n) is 1.99. The van der Waals surface area contributed by atoms with Crippen LogP contribution in [0, 0.1) is 13.8 Å². The monoisotopic (exact) mass is 227 g/mol. The van der Waals surface area contributed by atoms with Crippen LogP contribution in [0.5, 0.6) is 0 Å². The summed E-state index contributed by atoms with van der Waals surface area (Å²) < 4.78 is 0. The van der Waals surface area contributed by atoms with E-state index in [1.807, 2.05) is 26.0 Å². The van der Waals surface area contributed by atoms with Gasteiger partial charge in [-0.3, -0.25) is 5.10 Å². The molecule has 86 valence electrons. The first-order valence-electron chi connectivity index (χ1n) is 5.42. The second-order valence-corrected chi connectivity index (χ2v) is 4.16. The minimum Gasteiger partial charge on any atom is -0.382 e. The van der Waals surface area contributed by atoms with Crippen LogP contribution in [0.3, 0.4) is 0 Å². The quantitative estimate of drug-likeness (QED) is 0.595. The van der Waals surface area contributed by atoms with Crippen molar-refractivity contribution in [1.29, 1.82) is 0 Å². The molecule has 5 nitrogen and oxygen atoms in total. The second-order valence-electron chi connectivity index (χ2n) is 4.16. The molecule has 0 amide bonds. The zero-order valence-electron chi connectivity index (χ0n) is 9.70. The summed E-state index contributed by atoms with van der Waals surface area (Å²) in [6, 6.07) is 6.06. The van der Waals surface area contributed by atoms with Crippen LogP contribution >= 0.6 is 0 Å². The van der Waals surface area contributed by atoms with Crippen molar-refractivity contribution in [3.8, 4) is 11.3 Å². The van der Waals surface area contributed by atoms with Crippen LogP contribution in [0.1, 0.15) is 11.4 Å². The van der Waals surface area contributed by atoms with Crippen LogP contribution in [-0.4, -0.2) is 20.2 Å². The van der Waals surface area contributed by atoms with E-state index in [-0.39, 0.29) is 0 Å². The molecular weight excluding hydrogens is 214 g/mol. The molecule has 0 spiro atoms.